The number of hydrogen-bond donors (Lipinski definition) is 0. The lowest BCUT2D eigenvalue weighted by Crippen LogP contribution is -2.37. The van der Waals surface area contributed by atoms with Crippen LogP contribution in [0.25, 0.3) is 11.2 Å². The van der Waals surface area contributed by atoms with Crippen molar-refractivity contribution in [1.29, 1.82) is 0 Å². The molecule has 0 saturated heterocycles. The molecule has 0 saturated carbocycles. The summed E-state index contributed by atoms with van der Waals surface area (Å²) in [6.07, 6.45) is 1.49. The van der Waals surface area contributed by atoms with Gasteiger partial charge >= 0.3 is 5.69 Å². The molecule has 3 aromatic rings. The van der Waals surface area contributed by atoms with Crippen molar-refractivity contribution in [1.82, 2.24) is 18.7 Å². The Bertz CT molecular complexity index is 1090. The van der Waals surface area contributed by atoms with Gasteiger partial charge in [0.2, 0.25) is 0 Å². The molecule has 3 rings (SSSR count). The third kappa shape index (κ3) is 3.73. The van der Waals surface area contributed by atoms with Gasteiger partial charge in [-0.1, -0.05) is 19.1 Å². The first kappa shape index (κ1) is 19.9. The summed E-state index contributed by atoms with van der Waals surface area (Å²) < 4.78 is 15.3. The van der Waals surface area contributed by atoms with Gasteiger partial charge in [-0.05, 0) is 24.1 Å². The van der Waals surface area contributed by atoms with Gasteiger partial charge < -0.3 is 14.0 Å². The Balaban J connectivity index is 2.13. The second-order valence-corrected chi connectivity index (χ2v) is 6.71. The lowest BCUT2D eigenvalue weighted by Gasteiger charge is -2.11. The van der Waals surface area contributed by atoms with Crippen LogP contribution >= 0.6 is 0 Å². The van der Waals surface area contributed by atoms with Crippen molar-refractivity contribution >= 4 is 11.2 Å². The molecule has 0 fully saturated rings. The van der Waals surface area contributed by atoms with Gasteiger partial charge in [0.15, 0.2) is 11.2 Å². The van der Waals surface area contributed by atoms with E-state index in [0.29, 0.717) is 43.2 Å². The van der Waals surface area contributed by atoms with Crippen LogP contribution in [0.3, 0.4) is 0 Å². The molecule has 0 aliphatic carbocycles. The first-order valence-corrected chi connectivity index (χ1v) is 9.33. The topological polar surface area (TPSA) is 80.3 Å². The Labute approximate surface area is 163 Å². The molecule has 8 heteroatoms. The number of hydrogen-bond acceptors (Lipinski definition) is 5. The monoisotopic (exact) mass is 386 g/mol. The van der Waals surface area contributed by atoms with E-state index < -0.39 is 5.69 Å². The van der Waals surface area contributed by atoms with Gasteiger partial charge in [0.1, 0.15) is 11.6 Å². The fourth-order valence-corrected chi connectivity index (χ4v) is 3.22. The van der Waals surface area contributed by atoms with E-state index in [9.17, 15) is 9.59 Å². The van der Waals surface area contributed by atoms with E-state index in [-0.39, 0.29) is 5.56 Å². The molecule has 0 unspecified atom stereocenters. The van der Waals surface area contributed by atoms with Crippen LogP contribution in [0.1, 0.15) is 24.7 Å². The highest BCUT2D eigenvalue weighted by Crippen LogP contribution is 2.18. The van der Waals surface area contributed by atoms with Gasteiger partial charge in [0, 0.05) is 33.7 Å². The molecular formula is C20H26N4O4. The van der Waals surface area contributed by atoms with Crippen molar-refractivity contribution < 1.29 is 9.47 Å². The number of ether oxygens (including phenoxy) is 2. The third-order valence-electron chi connectivity index (χ3n) is 4.72. The van der Waals surface area contributed by atoms with Crippen LogP contribution in [0, 0.1) is 0 Å². The summed E-state index contributed by atoms with van der Waals surface area (Å²) in [5, 5.41) is 0. The van der Waals surface area contributed by atoms with Crippen molar-refractivity contribution in [3.63, 3.8) is 0 Å². The number of benzene rings is 1. The minimum absolute atomic E-state index is 0.353. The zero-order valence-electron chi connectivity index (χ0n) is 16.8. The van der Waals surface area contributed by atoms with Gasteiger partial charge in [0.25, 0.3) is 5.56 Å². The summed E-state index contributed by atoms with van der Waals surface area (Å²) in [7, 11) is 4.73. The fourth-order valence-electron chi connectivity index (χ4n) is 3.22. The van der Waals surface area contributed by atoms with Gasteiger partial charge in [-0.15, -0.1) is 0 Å². The standard InChI is InChI=1S/C20H26N4O4/c1-5-10-28-11-9-16-21-18-17(19(25)23(3)20(26)22(18)2)24(16)13-14-7-6-8-15(12-14)27-4/h6-8,12H,5,9-11,13H2,1-4H3. The minimum atomic E-state index is -0.391. The predicted octanol–water partition coefficient (Wildman–Crippen LogP) is 1.46. The lowest BCUT2D eigenvalue weighted by atomic mass is 10.2. The molecule has 0 atom stereocenters. The van der Waals surface area contributed by atoms with E-state index in [4.69, 9.17) is 9.47 Å². The zero-order valence-corrected chi connectivity index (χ0v) is 16.8. The normalized spacial score (nSPS) is 11.3. The number of methoxy groups -OCH3 is 1. The Hall–Kier alpha value is -2.87. The molecule has 0 aliphatic rings. The zero-order chi connectivity index (χ0) is 20.3. The van der Waals surface area contributed by atoms with Crippen molar-refractivity contribution in [2.75, 3.05) is 20.3 Å². The molecule has 28 heavy (non-hydrogen) atoms. The Morgan fingerprint density at radius 1 is 1.11 bits per heavy atom. The van der Waals surface area contributed by atoms with Gasteiger partial charge in [-0.2, -0.15) is 0 Å². The van der Waals surface area contributed by atoms with Crippen molar-refractivity contribution in [2.24, 2.45) is 14.1 Å². The van der Waals surface area contributed by atoms with E-state index >= 15 is 0 Å². The quantitative estimate of drug-likeness (QED) is 0.548. The number of aromatic nitrogens is 4. The highest BCUT2D eigenvalue weighted by molar-refractivity contribution is 5.71. The molecule has 0 aliphatic heterocycles. The maximum absolute atomic E-state index is 12.9. The molecule has 2 heterocycles. The van der Waals surface area contributed by atoms with Crippen LogP contribution in [0.4, 0.5) is 0 Å². The highest BCUT2D eigenvalue weighted by Gasteiger charge is 2.19. The molecule has 8 nitrogen and oxygen atoms in total. The molecule has 150 valence electrons. The smallest absolute Gasteiger partial charge is 0.332 e. The van der Waals surface area contributed by atoms with Gasteiger partial charge in [0.05, 0.1) is 13.7 Å². The van der Waals surface area contributed by atoms with Crippen LogP contribution in [-0.2, 0) is 31.8 Å². The van der Waals surface area contributed by atoms with E-state index in [1.165, 1.54) is 11.6 Å². The Morgan fingerprint density at radius 2 is 1.89 bits per heavy atom. The summed E-state index contributed by atoms with van der Waals surface area (Å²) in [5.74, 6) is 1.46. The predicted molar refractivity (Wildman–Crippen MR) is 107 cm³/mol. The lowest BCUT2D eigenvalue weighted by molar-refractivity contribution is 0.136. The maximum Gasteiger partial charge on any atom is 0.332 e. The van der Waals surface area contributed by atoms with Crippen molar-refractivity contribution in [3.05, 3.63) is 56.5 Å². The van der Waals surface area contributed by atoms with Crippen molar-refractivity contribution in [3.8, 4) is 5.75 Å². The van der Waals surface area contributed by atoms with Crippen molar-refractivity contribution in [2.45, 2.75) is 26.3 Å². The van der Waals surface area contributed by atoms with E-state index in [2.05, 4.69) is 11.9 Å². The molecule has 2 aromatic heterocycles. The van der Waals surface area contributed by atoms with E-state index in [1.807, 2.05) is 28.8 Å². The first-order chi connectivity index (χ1) is 13.5. The molecule has 0 bridgehead atoms. The summed E-state index contributed by atoms with van der Waals surface area (Å²) in [6.45, 7) is 3.68. The molecule has 0 radical (unpaired) electrons. The molecular weight excluding hydrogens is 360 g/mol. The van der Waals surface area contributed by atoms with E-state index in [0.717, 1.165) is 22.3 Å². The number of imidazole rings is 1. The van der Waals surface area contributed by atoms with Crippen LogP contribution in [-0.4, -0.2) is 39.0 Å². The summed E-state index contributed by atoms with van der Waals surface area (Å²) >= 11 is 0. The fraction of sp³-hybridized carbons (Fsp3) is 0.450. The summed E-state index contributed by atoms with van der Waals surface area (Å²) in [5.41, 5.74) is 1.04. The second kappa shape index (κ2) is 8.43. The molecule has 1 aromatic carbocycles. The van der Waals surface area contributed by atoms with Crippen LogP contribution in [0.5, 0.6) is 5.75 Å². The largest absolute Gasteiger partial charge is 0.497 e. The maximum atomic E-state index is 12.9. The SMILES string of the molecule is CCCOCCc1nc2c(c(=O)n(C)c(=O)n2C)n1Cc1cccc(OC)c1. The number of rotatable bonds is 8. The third-order valence-corrected chi connectivity index (χ3v) is 4.72. The van der Waals surface area contributed by atoms with Gasteiger partial charge in [-0.25, -0.2) is 9.78 Å². The first-order valence-electron chi connectivity index (χ1n) is 9.33. The number of aryl methyl sites for hydroxylation is 1. The highest BCUT2D eigenvalue weighted by atomic mass is 16.5. The van der Waals surface area contributed by atoms with Crippen LogP contribution in [0.2, 0.25) is 0 Å². The number of fused-ring (bicyclic) bond motifs is 1. The summed E-state index contributed by atoms with van der Waals surface area (Å²) in [4.78, 5) is 29.8. The molecule has 0 amide bonds. The summed E-state index contributed by atoms with van der Waals surface area (Å²) in [6, 6.07) is 7.68. The molecule has 0 N–H and O–H groups in total. The minimum Gasteiger partial charge on any atom is -0.497 e. The molecule has 0 spiro atoms. The Kier molecular flexibility index (Phi) is 5.99. The van der Waals surface area contributed by atoms with Crippen LogP contribution < -0.4 is 16.0 Å². The average Bonchev–Trinajstić information content (AvgIpc) is 3.06. The van der Waals surface area contributed by atoms with E-state index in [1.54, 1.807) is 14.2 Å². The average molecular weight is 386 g/mol. The number of nitrogens with zero attached hydrogens (tertiary/aromatic N) is 4. The second-order valence-electron chi connectivity index (χ2n) is 6.71. The Morgan fingerprint density at radius 3 is 2.61 bits per heavy atom. The van der Waals surface area contributed by atoms with Gasteiger partial charge in [-0.3, -0.25) is 13.9 Å². The van der Waals surface area contributed by atoms with Crippen LogP contribution in [0.15, 0.2) is 33.9 Å².